The summed E-state index contributed by atoms with van der Waals surface area (Å²) in [5, 5.41) is 3.19. The average Bonchev–Trinajstić information content (AvgIpc) is 3.21. The molecule has 154 valence electrons. The number of anilines is 1. The van der Waals surface area contributed by atoms with Gasteiger partial charge in [-0.05, 0) is 30.7 Å². The Morgan fingerprint density at radius 3 is 2.55 bits per heavy atom. The highest BCUT2D eigenvalue weighted by molar-refractivity contribution is 6.05. The van der Waals surface area contributed by atoms with Crippen LogP contribution in [0.4, 0.5) is 23.2 Å². The Morgan fingerprint density at radius 1 is 1.21 bits per heavy atom. The summed E-state index contributed by atoms with van der Waals surface area (Å²) < 4.78 is 58.1. The van der Waals surface area contributed by atoms with Crippen LogP contribution < -0.4 is 10.1 Å². The van der Waals surface area contributed by atoms with Gasteiger partial charge < -0.3 is 10.1 Å². The van der Waals surface area contributed by atoms with Gasteiger partial charge in [0.2, 0.25) is 5.88 Å². The van der Waals surface area contributed by atoms with E-state index in [1.165, 1.54) is 7.11 Å². The highest BCUT2D eigenvalue weighted by Gasteiger charge is 2.33. The molecule has 1 aliphatic heterocycles. The molecular formula is C18H15F4N3O4. The Kier molecular flexibility index (Phi) is 5.69. The number of rotatable bonds is 4. The van der Waals surface area contributed by atoms with E-state index in [9.17, 15) is 27.2 Å². The SMILES string of the molecule is COc1ncc(C(=O)Nc2cc(C(=O)N3CCCO3)cc(C(F)(F)F)c2)cc1F. The molecule has 2 amide bonds. The lowest BCUT2D eigenvalue weighted by Gasteiger charge is -2.17. The largest absolute Gasteiger partial charge is 0.479 e. The molecule has 0 saturated carbocycles. The van der Waals surface area contributed by atoms with Crippen LogP contribution in [-0.4, -0.2) is 42.1 Å². The molecule has 2 heterocycles. The lowest BCUT2D eigenvalue weighted by Crippen LogP contribution is -2.27. The van der Waals surface area contributed by atoms with Crippen molar-refractivity contribution < 1.29 is 36.7 Å². The number of benzene rings is 1. The number of carbonyl (C=O) groups is 2. The molecule has 0 bridgehead atoms. The Balaban J connectivity index is 1.91. The van der Waals surface area contributed by atoms with E-state index in [1.807, 2.05) is 0 Å². The van der Waals surface area contributed by atoms with Crippen LogP contribution in [0.15, 0.2) is 30.5 Å². The number of methoxy groups -OCH3 is 1. The summed E-state index contributed by atoms with van der Waals surface area (Å²) in [7, 11) is 1.19. The minimum absolute atomic E-state index is 0.239. The number of halogens is 4. The maximum absolute atomic E-state index is 13.7. The molecule has 2 aromatic rings. The second-order valence-electron chi connectivity index (χ2n) is 6.06. The third-order valence-corrected chi connectivity index (χ3v) is 4.01. The summed E-state index contributed by atoms with van der Waals surface area (Å²) in [5.74, 6) is -2.92. The molecule has 7 nitrogen and oxygen atoms in total. The highest BCUT2D eigenvalue weighted by atomic mass is 19.4. The van der Waals surface area contributed by atoms with Gasteiger partial charge in [-0.25, -0.2) is 14.4 Å². The maximum Gasteiger partial charge on any atom is 0.416 e. The van der Waals surface area contributed by atoms with E-state index >= 15 is 0 Å². The predicted molar refractivity (Wildman–Crippen MR) is 91.7 cm³/mol. The summed E-state index contributed by atoms with van der Waals surface area (Å²) in [5.41, 5.74) is -1.96. The molecule has 1 saturated heterocycles. The summed E-state index contributed by atoms with van der Waals surface area (Å²) in [6.45, 7) is 0.526. The van der Waals surface area contributed by atoms with Crippen molar-refractivity contribution in [2.24, 2.45) is 0 Å². The van der Waals surface area contributed by atoms with Gasteiger partial charge in [0, 0.05) is 17.4 Å². The van der Waals surface area contributed by atoms with Crippen LogP contribution in [0, 0.1) is 5.82 Å². The number of nitrogens with zero attached hydrogens (tertiary/aromatic N) is 2. The van der Waals surface area contributed by atoms with Crippen molar-refractivity contribution in [2.75, 3.05) is 25.6 Å². The van der Waals surface area contributed by atoms with E-state index < -0.39 is 29.4 Å². The first kappa shape index (κ1) is 20.5. The topological polar surface area (TPSA) is 80.8 Å². The van der Waals surface area contributed by atoms with Crippen molar-refractivity contribution in [1.29, 1.82) is 0 Å². The van der Waals surface area contributed by atoms with Crippen molar-refractivity contribution in [3.63, 3.8) is 0 Å². The van der Waals surface area contributed by atoms with E-state index in [-0.39, 0.29) is 35.8 Å². The van der Waals surface area contributed by atoms with Gasteiger partial charge in [0.15, 0.2) is 5.82 Å². The summed E-state index contributed by atoms with van der Waals surface area (Å²) in [4.78, 5) is 33.4. The molecule has 1 fully saturated rings. The average molecular weight is 413 g/mol. The molecule has 1 aromatic carbocycles. The highest BCUT2D eigenvalue weighted by Crippen LogP contribution is 2.32. The Labute approximate surface area is 162 Å². The van der Waals surface area contributed by atoms with Gasteiger partial charge in [-0.3, -0.25) is 14.4 Å². The van der Waals surface area contributed by atoms with E-state index in [4.69, 9.17) is 4.84 Å². The van der Waals surface area contributed by atoms with Crippen LogP contribution >= 0.6 is 0 Å². The number of hydrogen-bond acceptors (Lipinski definition) is 5. The molecule has 0 aliphatic carbocycles. The van der Waals surface area contributed by atoms with Gasteiger partial charge in [-0.2, -0.15) is 13.2 Å². The quantitative estimate of drug-likeness (QED) is 0.779. The van der Waals surface area contributed by atoms with Crippen molar-refractivity contribution >= 4 is 17.5 Å². The molecule has 0 unspecified atom stereocenters. The van der Waals surface area contributed by atoms with Crippen LogP contribution in [0.3, 0.4) is 0 Å². The third kappa shape index (κ3) is 4.62. The normalized spacial score (nSPS) is 14.0. The molecule has 29 heavy (non-hydrogen) atoms. The Morgan fingerprint density at radius 2 is 1.97 bits per heavy atom. The lowest BCUT2D eigenvalue weighted by atomic mass is 10.1. The van der Waals surface area contributed by atoms with Crippen LogP contribution in [-0.2, 0) is 11.0 Å². The van der Waals surface area contributed by atoms with Gasteiger partial charge in [0.25, 0.3) is 11.8 Å². The standard InChI is InChI=1S/C18H15F4N3O4/c1-28-16-14(19)7-11(9-23-16)15(26)24-13-6-10(5-12(8-13)18(20,21)22)17(27)25-3-2-4-29-25/h5-9H,2-4H2,1H3,(H,24,26). The second-order valence-corrected chi connectivity index (χ2v) is 6.06. The number of pyridine rings is 1. The minimum atomic E-state index is -4.75. The fourth-order valence-electron chi connectivity index (χ4n) is 2.64. The molecule has 1 N–H and O–H groups in total. The van der Waals surface area contributed by atoms with Crippen molar-refractivity contribution in [3.05, 3.63) is 53.0 Å². The zero-order chi connectivity index (χ0) is 21.2. The number of hydrogen-bond donors (Lipinski definition) is 1. The van der Waals surface area contributed by atoms with Crippen molar-refractivity contribution in [2.45, 2.75) is 12.6 Å². The van der Waals surface area contributed by atoms with Gasteiger partial charge in [-0.15, -0.1) is 0 Å². The fourth-order valence-corrected chi connectivity index (χ4v) is 2.64. The number of nitrogens with one attached hydrogen (secondary N) is 1. The summed E-state index contributed by atoms with van der Waals surface area (Å²) in [6, 6.07) is 3.27. The van der Waals surface area contributed by atoms with E-state index in [2.05, 4.69) is 15.0 Å². The maximum atomic E-state index is 13.7. The zero-order valence-corrected chi connectivity index (χ0v) is 15.0. The lowest BCUT2D eigenvalue weighted by molar-refractivity contribution is -0.137. The molecule has 11 heteroatoms. The first-order chi connectivity index (χ1) is 13.7. The first-order valence-electron chi connectivity index (χ1n) is 8.37. The van der Waals surface area contributed by atoms with E-state index in [0.717, 1.165) is 23.4 Å². The Hall–Kier alpha value is -3.21. The number of amides is 2. The molecule has 0 atom stereocenters. The van der Waals surface area contributed by atoms with Crippen molar-refractivity contribution in [1.82, 2.24) is 10.0 Å². The van der Waals surface area contributed by atoms with Crippen molar-refractivity contribution in [3.8, 4) is 5.88 Å². The third-order valence-electron chi connectivity index (χ3n) is 4.01. The fraction of sp³-hybridized carbons (Fsp3) is 0.278. The molecular weight excluding hydrogens is 398 g/mol. The van der Waals surface area contributed by atoms with Gasteiger partial charge in [0.05, 0.1) is 31.4 Å². The number of ether oxygens (including phenoxy) is 1. The van der Waals surface area contributed by atoms with Gasteiger partial charge in [0.1, 0.15) is 0 Å². The smallest absolute Gasteiger partial charge is 0.416 e. The molecule has 1 aromatic heterocycles. The van der Waals surface area contributed by atoms with Crippen LogP contribution in [0.5, 0.6) is 5.88 Å². The second kappa shape index (κ2) is 8.03. The van der Waals surface area contributed by atoms with Crippen LogP contribution in [0.2, 0.25) is 0 Å². The minimum Gasteiger partial charge on any atom is -0.479 e. The number of hydroxylamine groups is 2. The summed E-state index contributed by atoms with van der Waals surface area (Å²) in [6.07, 6.45) is -3.19. The van der Waals surface area contributed by atoms with E-state index in [1.54, 1.807) is 0 Å². The van der Waals surface area contributed by atoms with Gasteiger partial charge in [-0.1, -0.05) is 0 Å². The number of aromatic nitrogens is 1. The predicted octanol–water partition coefficient (Wildman–Crippen LogP) is 3.28. The number of alkyl halides is 3. The molecule has 3 rings (SSSR count). The Bertz CT molecular complexity index is 943. The molecule has 0 radical (unpaired) electrons. The monoisotopic (exact) mass is 413 g/mol. The van der Waals surface area contributed by atoms with Crippen LogP contribution in [0.25, 0.3) is 0 Å². The first-order valence-corrected chi connectivity index (χ1v) is 8.37. The van der Waals surface area contributed by atoms with Gasteiger partial charge >= 0.3 is 6.18 Å². The van der Waals surface area contributed by atoms with E-state index in [0.29, 0.717) is 18.6 Å². The zero-order valence-electron chi connectivity index (χ0n) is 15.0. The summed E-state index contributed by atoms with van der Waals surface area (Å²) >= 11 is 0. The molecule has 1 aliphatic rings. The number of carbonyl (C=O) groups excluding carboxylic acids is 2. The van der Waals surface area contributed by atoms with Crippen LogP contribution in [0.1, 0.15) is 32.7 Å². The molecule has 0 spiro atoms.